The maximum absolute atomic E-state index is 13.5. The maximum atomic E-state index is 13.5. The van der Waals surface area contributed by atoms with Crippen LogP contribution in [0.5, 0.6) is 0 Å². The first-order chi connectivity index (χ1) is 10.1. The van der Waals surface area contributed by atoms with Gasteiger partial charge < -0.3 is 10.0 Å². The van der Waals surface area contributed by atoms with Gasteiger partial charge in [-0.25, -0.2) is 4.39 Å². The van der Waals surface area contributed by atoms with Crippen LogP contribution in [0, 0.1) is 17.1 Å². The van der Waals surface area contributed by atoms with Crippen LogP contribution in [0.4, 0.5) is 15.8 Å². The summed E-state index contributed by atoms with van der Waals surface area (Å²) in [5, 5.41) is 19.0. The lowest BCUT2D eigenvalue weighted by atomic mass is 10.0. The van der Waals surface area contributed by atoms with Crippen LogP contribution >= 0.6 is 0 Å². The monoisotopic (exact) mass is 282 g/mol. The lowest BCUT2D eigenvalue weighted by Gasteiger charge is -2.24. The number of benzene rings is 2. The van der Waals surface area contributed by atoms with E-state index in [1.165, 1.54) is 12.1 Å². The number of nitriles is 1. The van der Waals surface area contributed by atoms with E-state index < -0.39 is 6.10 Å². The topological polar surface area (TPSA) is 47.3 Å². The second-order valence-corrected chi connectivity index (χ2v) is 5.24. The Kier molecular flexibility index (Phi) is 3.36. The molecule has 0 fully saturated rings. The van der Waals surface area contributed by atoms with Crippen LogP contribution in [0.25, 0.3) is 0 Å². The van der Waals surface area contributed by atoms with Gasteiger partial charge in [-0.15, -0.1) is 0 Å². The van der Waals surface area contributed by atoms with E-state index in [9.17, 15) is 9.50 Å². The average Bonchev–Trinajstić information content (AvgIpc) is 2.89. The zero-order chi connectivity index (χ0) is 15.0. The third kappa shape index (κ3) is 2.37. The lowest BCUT2D eigenvalue weighted by molar-refractivity contribution is 0.200. The summed E-state index contributed by atoms with van der Waals surface area (Å²) in [4.78, 5) is 1.97. The Morgan fingerprint density at radius 3 is 2.76 bits per heavy atom. The molecule has 0 amide bonds. The van der Waals surface area contributed by atoms with Crippen LogP contribution in [0.1, 0.15) is 29.7 Å². The summed E-state index contributed by atoms with van der Waals surface area (Å²) in [5.74, 6) is -0.282. The molecule has 1 heterocycles. The average molecular weight is 282 g/mol. The zero-order valence-electron chi connectivity index (χ0n) is 11.7. The summed E-state index contributed by atoms with van der Waals surface area (Å²) in [6.45, 7) is 2.40. The van der Waals surface area contributed by atoms with Crippen molar-refractivity contribution in [1.29, 1.82) is 5.26 Å². The number of hydrogen-bond acceptors (Lipinski definition) is 3. The number of aliphatic hydroxyl groups excluding tert-OH is 1. The molecule has 1 atom stereocenters. The van der Waals surface area contributed by atoms with E-state index in [4.69, 9.17) is 5.26 Å². The number of fused-ring (bicyclic) bond motifs is 1. The molecule has 3 rings (SSSR count). The predicted octanol–water partition coefficient (Wildman–Crippen LogP) is 3.44. The molecule has 0 spiro atoms. The van der Waals surface area contributed by atoms with Gasteiger partial charge in [0.05, 0.1) is 17.7 Å². The van der Waals surface area contributed by atoms with Gasteiger partial charge in [-0.05, 0) is 43.2 Å². The highest BCUT2D eigenvalue weighted by atomic mass is 19.1. The van der Waals surface area contributed by atoms with Crippen molar-refractivity contribution in [3.63, 3.8) is 0 Å². The van der Waals surface area contributed by atoms with Crippen molar-refractivity contribution in [2.24, 2.45) is 0 Å². The molecule has 106 valence electrons. The van der Waals surface area contributed by atoms with Crippen molar-refractivity contribution >= 4 is 11.4 Å². The van der Waals surface area contributed by atoms with Gasteiger partial charge in [0.25, 0.3) is 0 Å². The predicted molar refractivity (Wildman–Crippen MR) is 78.9 cm³/mol. The minimum Gasteiger partial charge on any atom is -0.389 e. The molecule has 0 saturated carbocycles. The summed E-state index contributed by atoms with van der Waals surface area (Å²) < 4.78 is 13.5. The lowest BCUT2D eigenvalue weighted by Crippen LogP contribution is -2.16. The molecule has 0 unspecified atom stereocenters. The van der Waals surface area contributed by atoms with Gasteiger partial charge in [0.2, 0.25) is 0 Å². The Bertz CT molecular complexity index is 734. The molecule has 21 heavy (non-hydrogen) atoms. The first kappa shape index (κ1) is 13.6. The van der Waals surface area contributed by atoms with Crippen molar-refractivity contribution in [2.45, 2.75) is 19.4 Å². The standard InChI is InChI=1S/C17H15FN2O/c1-11(21)15-5-2-12(10-19)8-17(15)20-7-6-13-3-4-14(18)9-16(13)20/h2-5,8-9,11,21H,6-7H2,1H3/t11-/m1/s1. The summed E-state index contributed by atoms with van der Waals surface area (Å²) in [5.41, 5.74) is 3.93. The number of hydrogen-bond donors (Lipinski definition) is 1. The van der Waals surface area contributed by atoms with Gasteiger partial charge in [0.15, 0.2) is 0 Å². The molecule has 1 aliphatic rings. The van der Waals surface area contributed by atoms with Crippen molar-refractivity contribution < 1.29 is 9.50 Å². The van der Waals surface area contributed by atoms with E-state index in [2.05, 4.69) is 6.07 Å². The summed E-state index contributed by atoms with van der Waals surface area (Å²) >= 11 is 0. The van der Waals surface area contributed by atoms with E-state index in [1.807, 2.05) is 4.90 Å². The van der Waals surface area contributed by atoms with Crippen LogP contribution in [0.15, 0.2) is 36.4 Å². The van der Waals surface area contributed by atoms with Crippen molar-refractivity contribution in [1.82, 2.24) is 0 Å². The smallest absolute Gasteiger partial charge is 0.125 e. The minimum atomic E-state index is -0.648. The van der Waals surface area contributed by atoms with Gasteiger partial charge in [-0.1, -0.05) is 12.1 Å². The third-order valence-electron chi connectivity index (χ3n) is 3.84. The van der Waals surface area contributed by atoms with Crippen molar-refractivity contribution in [3.05, 3.63) is 58.9 Å². The highest BCUT2D eigenvalue weighted by molar-refractivity contribution is 5.73. The molecule has 1 N–H and O–H groups in total. The SMILES string of the molecule is C[C@@H](O)c1ccc(C#N)cc1N1CCc2ccc(F)cc21. The summed E-state index contributed by atoms with van der Waals surface area (Å²) in [7, 11) is 0. The Morgan fingerprint density at radius 2 is 2.05 bits per heavy atom. The molecule has 0 bridgehead atoms. The largest absolute Gasteiger partial charge is 0.389 e. The highest BCUT2D eigenvalue weighted by Crippen LogP contribution is 2.38. The van der Waals surface area contributed by atoms with Crippen LogP contribution in [-0.4, -0.2) is 11.7 Å². The normalized spacial score (nSPS) is 14.7. The molecule has 0 aliphatic carbocycles. The van der Waals surface area contributed by atoms with Gasteiger partial charge in [0, 0.05) is 23.5 Å². The molecule has 3 nitrogen and oxygen atoms in total. The fraction of sp³-hybridized carbons (Fsp3) is 0.235. The molecule has 4 heteroatoms. The number of anilines is 2. The van der Waals surface area contributed by atoms with E-state index in [1.54, 1.807) is 31.2 Å². The van der Waals surface area contributed by atoms with Crippen molar-refractivity contribution in [2.75, 3.05) is 11.4 Å². The Morgan fingerprint density at radius 1 is 1.24 bits per heavy atom. The Balaban J connectivity index is 2.14. The van der Waals surface area contributed by atoms with E-state index >= 15 is 0 Å². The molecular formula is C17H15FN2O. The quantitative estimate of drug-likeness (QED) is 0.917. The second kappa shape index (κ2) is 5.19. The van der Waals surface area contributed by atoms with Crippen LogP contribution in [-0.2, 0) is 6.42 Å². The van der Waals surface area contributed by atoms with Crippen molar-refractivity contribution in [3.8, 4) is 6.07 Å². The first-order valence-electron chi connectivity index (χ1n) is 6.88. The summed E-state index contributed by atoms with van der Waals surface area (Å²) in [6.07, 6.45) is 0.177. The van der Waals surface area contributed by atoms with Gasteiger partial charge >= 0.3 is 0 Å². The maximum Gasteiger partial charge on any atom is 0.125 e. The highest BCUT2D eigenvalue weighted by Gasteiger charge is 2.24. The van der Waals surface area contributed by atoms with Gasteiger partial charge in [-0.3, -0.25) is 0 Å². The molecule has 1 aliphatic heterocycles. The van der Waals surface area contributed by atoms with Crippen LogP contribution < -0.4 is 4.90 Å². The molecule has 2 aromatic carbocycles. The fourth-order valence-electron chi connectivity index (χ4n) is 2.80. The number of aliphatic hydroxyl groups is 1. The Labute approximate surface area is 122 Å². The molecule has 0 aromatic heterocycles. The van der Waals surface area contributed by atoms with Crippen LogP contribution in [0.2, 0.25) is 0 Å². The molecular weight excluding hydrogens is 267 g/mol. The zero-order valence-corrected chi connectivity index (χ0v) is 11.7. The third-order valence-corrected chi connectivity index (χ3v) is 3.84. The second-order valence-electron chi connectivity index (χ2n) is 5.24. The number of nitrogens with zero attached hydrogens (tertiary/aromatic N) is 2. The van der Waals surface area contributed by atoms with E-state index in [0.29, 0.717) is 12.1 Å². The van der Waals surface area contributed by atoms with Gasteiger partial charge in [-0.2, -0.15) is 5.26 Å². The number of halogens is 1. The first-order valence-corrected chi connectivity index (χ1v) is 6.88. The summed E-state index contributed by atoms with van der Waals surface area (Å²) in [6, 6.07) is 12.1. The Hall–Kier alpha value is -2.38. The van der Waals surface area contributed by atoms with Crippen LogP contribution in [0.3, 0.4) is 0 Å². The molecule has 0 saturated heterocycles. The minimum absolute atomic E-state index is 0.282. The molecule has 0 radical (unpaired) electrons. The number of rotatable bonds is 2. The van der Waals surface area contributed by atoms with E-state index in [0.717, 1.165) is 28.9 Å². The van der Waals surface area contributed by atoms with Gasteiger partial charge in [0.1, 0.15) is 5.82 Å². The molecule has 2 aromatic rings. The van der Waals surface area contributed by atoms with E-state index in [-0.39, 0.29) is 5.82 Å². The fourth-order valence-corrected chi connectivity index (χ4v) is 2.80.